The molecule has 14 heavy (non-hydrogen) atoms. The van der Waals surface area contributed by atoms with Gasteiger partial charge in [0.25, 0.3) is 0 Å². The molecule has 1 saturated carbocycles. The van der Waals surface area contributed by atoms with Crippen LogP contribution in [0.15, 0.2) is 18.2 Å². The zero-order valence-corrected chi connectivity index (χ0v) is 9.96. The largest absolute Gasteiger partial charge is 0.126 e. The lowest BCUT2D eigenvalue weighted by Gasteiger charge is -2.13. The number of halogens is 3. The summed E-state index contributed by atoms with van der Waals surface area (Å²) in [5.74, 6) is 0.703. The van der Waals surface area contributed by atoms with E-state index < -0.39 is 0 Å². The summed E-state index contributed by atoms with van der Waals surface area (Å²) < 4.78 is 0. The topological polar surface area (TPSA) is 0 Å². The van der Waals surface area contributed by atoms with Gasteiger partial charge in [0.2, 0.25) is 0 Å². The molecule has 2 rings (SSSR count). The van der Waals surface area contributed by atoms with E-state index in [1.165, 1.54) is 12.8 Å². The van der Waals surface area contributed by atoms with Crippen LogP contribution in [0.2, 0.25) is 10.0 Å². The maximum absolute atomic E-state index is 6.09. The van der Waals surface area contributed by atoms with Gasteiger partial charge in [-0.25, -0.2) is 0 Å². The van der Waals surface area contributed by atoms with E-state index in [1.54, 1.807) is 0 Å². The molecule has 3 heteroatoms. The summed E-state index contributed by atoms with van der Waals surface area (Å²) in [6.07, 6.45) is 3.30. The number of benzene rings is 1. The Bertz CT molecular complexity index is 322. The first-order valence-electron chi connectivity index (χ1n) is 4.66. The molecule has 0 spiro atoms. The second kappa shape index (κ2) is 3.92. The number of hydrogen-bond acceptors (Lipinski definition) is 0. The molecular weight excluding hydrogens is 238 g/mol. The number of alkyl halides is 1. The van der Waals surface area contributed by atoms with Crippen molar-refractivity contribution in [2.45, 2.75) is 19.3 Å². The Hall–Kier alpha value is 0.0900. The number of hydrogen-bond donors (Lipinski definition) is 0. The van der Waals surface area contributed by atoms with Gasteiger partial charge in [-0.05, 0) is 42.4 Å². The molecular formula is C11H11Cl3. The van der Waals surface area contributed by atoms with Crippen LogP contribution in [0, 0.1) is 5.41 Å². The van der Waals surface area contributed by atoms with Gasteiger partial charge in [-0.15, -0.1) is 11.6 Å². The van der Waals surface area contributed by atoms with Gasteiger partial charge in [0, 0.05) is 15.9 Å². The molecule has 0 heterocycles. The highest BCUT2D eigenvalue weighted by Crippen LogP contribution is 2.50. The zero-order valence-electron chi connectivity index (χ0n) is 7.69. The zero-order chi connectivity index (χ0) is 10.2. The van der Waals surface area contributed by atoms with Crippen molar-refractivity contribution in [1.29, 1.82) is 0 Å². The molecule has 0 N–H and O–H groups in total. The maximum Gasteiger partial charge on any atom is 0.0453 e. The van der Waals surface area contributed by atoms with Crippen LogP contribution in [0.4, 0.5) is 0 Å². The molecule has 0 aliphatic heterocycles. The lowest BCUT2D eigenvalue weighted by Crippen LogP contribution is -2.07. The van der Waals surface area contributed by atoms with Crippen LogP contribution < -0.4 is 0 Å². The van der Waals surface area contributed by atoms with Crippen molar-refractivity contribution in [2.75, 3.05) is 5.88 Å². The minimum Gasteiger partial charge on any atom is -0.126 e. The van der Waals surface area contributed by atoms with E-state index in [9.17, 15) is 0 Å². The lowest BCUT2D eigenvalue weighted by molar-refractivity contribution is 0.578. The Kier molecular flexibility index (Phi) is 2.97. The Morgan fingerprint density at radius 3 is 2.14 bits per heavy atom. The van der Waals surface area contributed by atoms with Gasteiger partial charge in [-0.2, -0.15) is 0 Å². The van der Waals surface area contributed by atoms with E-state index in [4.69, 9.17) is 34.8 Å². The molecule has 0 radical (unpaired) electrons. The van der Waals surface area contributed by atoms with Gasteiger partial charge in [0.15, 0.2) is 0 Å². The second-order valence-electron chi connectivity index (χ2n) is 4.01. The van der Waals surface area contributed by atoms with Crippen LogP contribution in [0.25, 0.3) is 0 Å². The van der Waals surface area contributed by atoms with Gasteiger partial charge < -0.3 is 0 Å². The summed E-state index contributed by atoms with van der Waals surface area (Å²) in [5, 5.41) is 1.52. The van der Waals surface area contributed by atoms with Gasteiger partial charge in [0.1, 0.15) is 0 Å². The highest BCUT2D eigenvalue weighted by Gasteiger charge is 2.42. The van der Waals surface area contributed by atoms with E-state index in [0.717, 1.165) is 22.0 Å². The molecule has 1 aromatic carbocycles. The van der Waals surface area contributed by atoms with E-state index >= 15 is 0 Å². The van der Waals surface area contributed by atoms with Crippen molar-refractivity contribution in [3.63, 3.8) is 0 Å². The molecule has 0 amide bonds. The molecule has 0 atom stereocenters. The van der Waals surface area contributed by atoms with Crippen molar-refractivity contribution in [3.8, 4) is 0 Å². The molecule has 0 unspecified atom stereocenters. The fourth-order valence-electron chi connectivity index (χ4n) is 1.61. The van der Waals surface area contributed by atoms with Gasteiger partial charge >= 0.3 is 0 Å². The van der Waals surface area contributed by atoms with Gasteiger partial charge in [-0.1, -0.05) is 29.3 Å². The van der Waals surface area contributed by atoms with Crippen LogP contribution in [-0.2, 0) is 6.42 Å². The molecule has 1 aromatic rings. The molecule has 76 valence electrons. The van der Waals surface area contributed by atoms with Gasteiger partial charge in [0.05, 0.1) is 0 Å². The summed E-state index contributed by atoms with van der Waals surface area (Å²) >= 11 is 18.1. The van der Waals surface area contributed by atoms with Crippen molar-refractivity contribution in [2.24, 2.45) is 5.41 Å². The minimum atomic E-state index is 0.274. The first-order chi connectivity index (χ1) is 6.67. The average molecular weight is 250 g/mol. The van der Waals surface area contributed by atoms with E-state index in [2.05, 4.69) is 0 Å². The summed E-state index contributed by atoms with van der Waals surface area (Å²) in [6.45, 7) is 0. The summed E-state index contributed by atoms with van der Waals surface area (Å²) in [6, 6.07) is 5.63. The smallest absolute Gasteiger partial charge is 0.0453 e. The first kappa shape index (κ1) is 10.6. The normalized spacial score (nSPS) is 18.2. The van der Waals surface area contributed by atoms with Crippen LogP contribution in [-0.4, -0.2) is 5.88 Å². The Morgan fingerprint density at radius 2 is 1.71 bits per heavy atom. The van der Waals surface area contributed by atoms with E-state index in [0.29, 0.717) is 5.88 Å². The number of rotatable bonds is 3. The average Bonchev–Trinajstić information content (AvgIpc) is 2.93. The van der Waals surface area contributed by atoms with Crippen LogP contribution >= 0.6 is 34.8 Å². The molecule has 1 aliphatic carbocycles. The third-order valence-electron chi connectivity index (χ3n) is 2.85. The fraction of sp³-hybridized carbons (Fsp3) is 0.455. The highest BCUT2D eigenvalue weighted by molar-refractivity contribution is 6.36. The third-order valence-corrected chi connectivity index (χ3v) is 4.13. The van der Waals surface area contributed by atoms with Gasteiger partial charge in [-0.3, -0.25) is 0 Å². The van der Waals surface area contributed by atoms with E-state index in [-0.39, 0.29) is 5.41 Å². The highest BCUT2D eigenvalue weighted by atomic mass is 35.5. The Labute approximate surface area is 99.2 Å². The van der Waals surface area contributed by atoms with Crippen molar-refractivity contribution in [3.05, 3.63) is 33.8 Å². The minimum absolute atomic E-state index is 0.274. The molecule has 1 fully saturated rings. The monoisotopic (exact) mass is 248 g/mol. The van der Waals surface area contributed by atoms with Crippen LogP contribution in [0.5, 0.6) is 0 Å². The van der Waals surface area contributed by atoms with Crippen molar-refractivity contribution in [1.82, 2.24) is 0 Å². The van der Waals surface area contributed by atoms with E-state index in [1.807, 2.05) is 18.2 Å². The standard InChI is InChI=1S/C11H11Cl3/c12-7-11(4-5-11)6-8-9(13)2-1-3-10(8)14/h1-3H,4-7H2. The first-order valence-corrected chi connectivity index (χ1v) is 5.95. The SMILES string of the molecule is ClCC1(Cc2c(Cl)cccc2Cl)CC1. The summed E-state index contributed by atoms with van der Waals surface area (Å²) in [5.41, 5.74) is 1.32. The Morgan fingerprint density at radius 1 is 1.14 bits per heavy atom. The molecule has 0 bridgehead atoms. The predicted molar refractivity (Wildman–Crippen MR) is 62.6 cm³/mol. The summed E-state index contributed by atoms with van der Waals surface area (Å²) in [7, 11) is 0. The predicted octanol–water partition coefficient (Wildman–Crippen LogP) is 4.55. The Balaban J connectivity index is 2.24. The van der Waals surface area contributed by atoms with Crippen molar-refractivity contribution < 1.29 is 0 Å². The quantitative estimate of drug-likeness (QED) is 0.689. The third kappa shape index (κ3) is 2.03. The molecule has 0 aromatic heterocycles. The maximum atomic E-state index is 6.09. The second-order valence-corrected chi connectivity index (χ2v) is 5.09. The molecule has 0 nitrogen and oxygen atoms in total. The summed E-state index contributed by atoms with van der Waals surface area (Å²) in [4.78, 5) is 0. The molecule has 1 aliphatic rings. The van der Waals surface area contributed by atoms with Crippen molar-refractivity contribution >= 4 is 34.8 Å². The van der Waals surface area contributed by atoms with Crippen LogP contribution in [0.3, 0.4) is 0 Å². The fourth-order valence-corrected chi connectivity index (χ4v) is 2.50. The lowest BCUT2D eigenvalue weighted by atomic mass is 9.98. The van der Waals surface area contributed by atoms with Crippen LogP contribution in [0.1, 0.15) is 18.4 Å². The molecule has 0 saturated heterocycles.